The van der Waals surface area contributed by atoms with Gasteiger partial charge in [0, 0.05) is 0 Å². The summed E-state index contributed by atoms with van der Waals surface area (Å²) in [6, 6.07) is 0. The van der Waals surface area contributed by atoms with Crippen molar-refractivity contribution >= 4 is 31.8 Å². The molecule has 0 heterocycles. The number of rotatable bonds is 10. The van der Waals surface area contributed by atoms with Crippen molar-refractivity contribution in [2.75, 3.05) is 0 Å². The van der Waals surface area contributed by atoms with Crippen molar-refractivity contribution in [3.8, 4) is 0 Å². The van der Waals surface area contributed by atoms with Gasteiger partial charge in [-0.3, -0.25) is 0 Å². The van der Waals surface area contributed by atoms with E-state index in [0.717, 1.165) is 0 Å². The SMILES string of the molecule is CCCC1=CC(CCC)=[C]([Hf]([CH3])([CH3])(=[SiH2])[C]2=C(CCC)C=C(CCC)C2)C1.Cl.Cl. The average molecular weight is 610 g/mol. The Hall–Kier alpha value is 0.627. The summed E-state index contributed by atoms with van der Waals surface area (Å²) in [4.78, 5) is 0. The summed E-state index contributed by atoms with van der Waals surface area (Å²) in [6.45, 7) is 11.8. The first kappa shape index (κ1) is 28.6. The summed E-state index contributed by atoms with van der Waals surface area (Å²) in [5.74, 6) is 0. The van der Waals surface area contributed by atoms with E-state index in [4.69, 9.17) is 0 Å². The minimum absolute atomic E-state index is 0. The molecule has 0 saturated heterocycles. The van der Waals surface area contributed by atoms with Crippen molar-refractivity contribution < 1.29 is 17.1 Å². The van der Waals surface area contributed by atoms with Crippen LogP contribution in [-0.2, 0) is 17.1 Å². The molecule has 0 bridgehead atoms. The van der Waals surface area contributed by atoms with E-state index in [-0.39, 0.29) is 24.8 Å². The Balaban J connectivity index is 0.00000364. The minimum Gasteiger partial charge on any atom is -0.147 e. The molecule has 0 fully saturated rings. The summed E-state index contributed by atoms with van der Waals surface area (Å²) >= 11 is -3.19. The van der Waals surface area contributed by atoms with Crippen molar-refractivity contribution in [3.05, 3.63) is 41.1 Å². The molecule has 0 radical (unpaired) electrons. The van der Waals surface area contributed by atoms with Gasteiger partial charge in [-0.05, 0) is 0 Å². The van der Waals surface area contributed by atoms with E-state index < -0.39 is 17.1 Å². The van der Waals surface area contributed by atoms with Crippen LogP contribution in [0, 0.1) is 0 Å². The van der Waals surface area contributed by atoms with Gasteiger partial charge in [0.05, 0.1) is 0 Å². The number of halogens is 2. The molecule has 0 aromatic heterocycles. The third-order valence-corrected chi connectivity index (χ3v) is 30.9. The molecule has 0 atom stereocenters. The van der Waals surface area contributed by atoms with Gasteiger partial charge in [-0.1, -0.05) is 0 Å². The van der Waals surface area contributed by atoms with Gasteiger partial charge in [0.25, 0.3) is 0 Å². The molecular weight excluding hydrogens is 566 g/mol. The van der Waals surface area contributed by atoms with Crippen molar-refractivity contribution in [2.45, 2.75) is 101 Å². The van der Waals surface area contributed by atoms with Gasteiger partial charge in [-0.15, -0.1) is 24.8 Å². The third kappa shape index (κ3) is 6.31. The van der Waals surface area contributed by atoms with Crippen LogP contribution in [-0.4, -0.2) is 6.94 Å². The number of hydrogen-bond acceptors (Lipinski definition) is 0. The van der Waals surface area contributed by atoms with Gasteiger partial charge in [-0.2, -0.15) is 0 Å². The van der Waals surface area contributed by atoms with Crippen LogP contribution in [0.15, 0.2) is 41.1 Å². The molecule has 0 nitrogen and oxygen atoms in total. The molecule has 0 unspecified atom stereocenters. The topological polar surface area (TPSA) is 0 Å². The van der Waals surface area contributed by atoms with Crippen molar-refractivity contribution in [2.24, 2.45) is 0 Å². The minimum atomic E-state index is -3.19. The second kappa shape index (κ2) is 11.9. The Morgan fingerprint density at radius 2 is 1.00 bits per heavy atom. The van der Waals surface area contributed by atoms with Crippen LogP contribution < -0.4 is 0 Å². The fourth-order valence-electron chi connectivity index (χ4n) is 5.18. The maximum atomic E-state index is 2.76. The van der Waals surface area contributed by atoms with Crippen molar-refractivity contribution in [3.63, 3.8) is 0 Å². The van der Waals surface area contributed by atoms with Crippen LogP contribution in [0.3, 0.4) is 0 Å². The zero-order chi connectivity index (χ0) is 19.4. The molecule has 4 heteroatoms. The molecule has 2 aliphatic carbocycles. The van der Waals surface area contributed by atoms with E-state index in [1.807, 2.05) is 6.66 Å². The average Bonchev–Trinajstić information content (AvgIpc) is 3.14. The number of hydrogen-bond donors (Lipinski definition) is 0. The first-order chi connectivity index (χ1) is 12.3. The van der Waals surface area contributed by atoms with Gasteiger partial charge in [-0.25, -0.2) is 0 Å². The van der Waals surface area contributed by atoms with E-state index in [9.17, 15) is 0 Å². The summed E-state index contributed by atoms with van der Waals surface area (Å²) in [5, 5.41) is 0. The molecule has 28 heavy (non-hydrogen) atoms. The quantitative estimate of drug-likeness (QED) is 0.218. The van der Waals surface area contributed by atoms with Gasteiger partial charge >= 0.3 is 166 Å². The molecule has 2 rings (SSSR count). The molecule has 2 aliphatic rings. The van der Waals surface area contributed by atoms with Gasteiger partial charge in [0.15, 0.2) is 0 Å². The van der Waals surface area contributed by atoms with Gasteiger partial charge < -0.3 is 0 Å². The maximum absolute atomic E-state index is 3.19. The molecule has 162 valence electrons. The third-order valence-electron chi connectivity index (χ3n) is 6.46. The molecular formula is C24H44Cl2HfSi. The second-order valence-electron chi connectivity index (χ2n) is 9.65. The summed E-state index contributed by atoms with van der Waals surface area (Å²) in [5.41, 5.74) is 6.94. The normalized spacial score (nSPS) is 17.4. The molecule has 0 spiro atoms. The van der Waals surface area contributed by atoms with E-state index in [1.54, 1.807) is 22.3 Å². The van der Waals surface area contributed by atoms with Crippen LogP contribution in [0.1, 0.15) is 91.9 Å². The Bertz CT molecular complexity index is 676. The van der Waals surface area contributed by atoms with Gasteiger partial charge in [0.2, 0.25) is 0 Å². The van der Waals surface area contributed by atoms with E-state index in [2.05, 4.69) is 56.1 Å². The zero-order valence-corrected chi connectivity index (χ0v) is 25.9. The fraction of sp³-hybridized carbons (Fsp3) is 0.667. The van der Waals surface area contributed by atoms with E-state index >= 15 is 0 Å². The predicted molar refractivity (Wildman–Crippen MR) is 134 cm³/mol. The van der Waals surface area contributed by atoms with Crippen LogP contribution >= 0.6 is 24.8 Å². The predicted octanol–water partition coefficient (Wildman–Crippen LogP) is 8.53. The Labute approximate surface area is 190 Å². The van der Waals surface area contributed by atoms with E-state index in [1.165, 1.54) is 64.2 Å². The molecule has 0 aliphatic heterocycles. The molecule has 0 saturated carbocycles. The van der Waals surface area contributed by atoms with Crippen LogP contribution in [0.2, 0.25) is 9.36 Å². The molecule has 0 amide bonds. The Kier molecular flexibility index (Phi) is 12.1. The first-order valence-electron chi connectivity index (χ1n) is 11.2. The van der Waals surface area contributed by atoms with Gasteiger partial charge in [0.1, 0.15) is 0 Å². The summed E-state index contributed by atoms with van der Waals surface area (Å²) in [6.07, 6.45) is 18.2. The smallest absolute Gasteiger partial charge is 0.147 e. The first-order valence-corrected chi connectivity index (χ1v) is 30.3. The van der Waals surface area contributed by atoms with Crippen LogP contribution in [0.4, 0.5) is 0 Å². The van der Waals surface area contributed by atoms with Crippen LogP contribution in [0.5, 0.6) is 0 Å². The second-order valence-corrected chi connectivity index (χ2v) is 50.6. The Morgan fingerprint density at radius 1 is 0.679 bits per heavy atom. The molecule has 0 N–H and O–H groups in total. The maximum Gasteiger partial charge on any atom is -0.147 e. The Morgan fingerprint density at radius 3 is 1.29 bits per heavy atom. The van der Waals surface area contributed by atoms with Crippen molar-refractivity contribution in [1.82, 2.24) is 0 Å². The number of allylic oxidation sites excluding steroid dienone is 8. The fourth-order valence-corrected chi connectivity index (χ4v) is 26.8. The van der Waals surface area contributed by atoms with Crippen molar-refractivity contribution in [1.29, 1.82) is 0 Å². The summed E-state index contributed by atoms with van der Waals surface area (Å²) < 4.78 is 9.41. The monoisotopic (exact) mass is 610 g/mol. The van der Waals surface area contributed by atoms with Crippen LogP contribution in [0.25, 0.3) is 0 Å². The van der Waals surface area contributed by atoms with E-state index in [0.29, 0.717) is 0 Å². The summed E-state index contributed by atoms with van der Waals surface area (Å²) in [7, 11) is 0. The zero-order valence-electron chi connectivity index (χ0n) is 19.2. The largest absolute Gasteiger partial charge is 0.147 e. The molecule has 0 aromatic carbocycles. The standard InChI is InChI=1S/2C11H17.2CH3.2ClH.Hf.H2Si/c2*1-3-5-10-7-8-11(9-10)6-4-2;;;;;;/h2*9H,3-7H2,1-2H3;2*1H3;2*1H;;1H2. The molecule has 0 aromatic rings.